The fourth-order valence-corrected chi connectivity index (χ4v) is 5.16. The highest BCUT2D eigenvalue weighted by Gasteiger charge is 2.32. The zero-order chi connectivity index (χ0) is 24.6. The van der Waals surface area contributed by atoms with Gasteiger partial charge in [-0.15, -0.1) is 0 Å². The summed E-state index contributed by atoms with van der Waals surface area (Å²) in [5.41, 5.74) is 4.06. The van der Waals surface area contributed by atoms with E-state index in [0.29, 0.717) is 28.2 Å². The Morgan fingerprint density at radius 2 is 1.65 bits per heavy atom. The number of aromatic nitrogens is 1. The van der Waals surface area contributed by atoms with Crippen molar-refractivity contribution < 1.29 is 27.5 Å². The third-order valence-corrected chi connectivity index (χ3v) is 7.41. The molecule has 1 aliphatic rings. The first kappa shape index (κ1) is 23.7. The number of aryl methyl sites for hydroxylation is 1. The van der Waals surface area contributed by atoms with Crippen LogP contribution in [0.3, 0.4) is 0 Å². The Kier molecular flexibility index (Phi) is 6.28. The number of rotatable bonds is 6. The van der Waals surface area contributed by atoms with Crippen molar-refractivity contribution in [3.8, 4) is 22.8 Å². The number of ether oxygens (including phenoxy) is 2. The smallest absolute Gasteiger partial charge is 0.290 e. The van der Waals surface area contributed by atoms with Crippen LogP contribution in [-0.4, -0.2) is 45.0 Å². The number of amides is 2. The van der Waals surface area contributed by atoms with Crippen molar-refractivity contribution in [2.45, 2.75) is 11.8 Å². The number of aromatic amines is 1. The lowest BCUT2D eigenvalue weighted by molar-refractivity contribution is -0.115. The molecule has 1 saturated heterocycles. The maximum atomic E-state index is 12.7. The average Bonchev–Trinajstić information content (AvgIpc) is 3.35. The molecule has 2 heterocycles. The van der Waals surface area contributed by atoms with E-state index in [9.17, 15) is 18.0 Å². The van der Waals surface area contributed by atoms with Gasteiger partial charge in [0.1, 0.15) is 11.5 Å². The Hall–Kier alpha value is -3.50. The van der Waals surface area contributed by atoms with Crippen molar-refractivity contribution in [2.75, 3.05) is 20.5 Å². The number of imide groups is 1. The molecule has 1 fully saturated rings. The number of hydrogen-bond donors (Lipinski definition) is 2. The highest BCUT2D eigenvalue weighted by Crippen LogP contribution is 2.43. The lowest BCUT2D eigenvalue weighted by Crippen LogP contribution is -2.18. The fraction of sp³-hybridized carbons (Fsp3) is 0.167. The minimum atomic E-state index is -3.31. The summed E-state index contributed by atoms with van der Waals surface area (Å²) in [7, 11) is -0.246. The first-order valence-electron chi connectivity index (χ1n) is 10.1. The molecule has 0 spiro atoms. The van der Waals surface area contributed by atoms with E-state index in [4.69, 9.17) is 9.47 Å². The summed E-state index contributed by atoms with van der Waals surface area (Å²) in [5.74, 6) is 0.582. The van der Waals surface area contributed by atoms with Crippen LogP contribution in [-0.2, 0) is 14.6 Å². The van der Waals surface area contributed by atoms with E-state index in [1.54, 1.807) is 49.6 Å². The molecular formula is C24H22N2O6S2. The van der Waals surface area contributed by atoms with Crippen LogP contribution in [0.4, 0.5) is 4.79 Å². The van der Waals surface area contributed by atoms with Gasteiger partial charge in [0.2, 0.25) is 0 Å². The quantitative estimate of drug-likeness (QED) is 0.491. The first-order valence-corrected chi connectivity index (χ1v) is 12.8. The van der Waals surface area contributed by atoms with Gasteiger partial charge in [0.15, 0.2) is 9.84 Å². The van der Waals surface area contributed by atoms with E-state index in [1.165, 1.54) is 7.11 Å². The molecule has 0 bridgehead atoms. The SMILES string of the molecule is COc1ccc(OC)c(C(=C2SC(=O)NC2=O)c2cc(-c3ccc(S(C)(=O)=O)cc3)[nH]c2C)c1. The summed E-state index contributed by atoms with van der Waals surface area (Å²) < 4.78 is 34.5. The van der Waals surface area contributed by atoms with Gasteiger partial charge >= 0.3 is 0 Å². The van der Waals surface area contributed by atoms with Crippen molar-refractivity contribution in [3.63, 3.8) is 0 Å². The minimum Gasteiger partial charge on any atom is -0.497 e. The maximum Gasteiger partial charge on any atom is 0.290 e. The van der Waals surface area contributed by atoms with Gasteiger partial charge in [-0.3, -0.25) is 14.9 Å². The van der Waals surface area contributed by atoms with Crippen molar-refractivity contribution in [1.82, 2.24) is 10.3 Å². The molecule has 2 amide bonds. The molecule has 2 N–H and O–H groups in total. The number of hydrogen-bond acceptors (Lipinski definition) is 7. The third kappa shape index (κ3) is 4.46. The van der Waals surface area contributed by atoms with Crippen molar-refractivity contribution in [2.24, 2.45) is 0 Å². The largest absolute Gasteiger partial charge is 0.497 e. The lowest BCUT2D eigenvalue weighted by atomic mass is 9.95. The molecule has 0 radical (unpaired) electrons. The highest BCUT2D eigenvalue weighted by molar-refractivity contribution is 8.18. The Morgan fingerprint density at radius 3 is 2.21 bits per heavy atom. The third-order valence-electron chi connectivity index (χ3n) is 5.40. The molecule has 176 valence electrons. The van der Waals surface area contributed by atoms with E-state index in [-0.39, 0.29) is 9.80 Å². The van der Waals surface area contributed by atoms with Crippen LogP contribution in [0.15, 0.2) is 58.3 Å². The summed E-state index contributed by atoms with van der Waals surface area (Å²) in [6, 6.07) is 13.6. The number of carbonyl (C=O) groups excluding carboxylic acids is 2. The summed E-state index contributed by atoms with van der Waals surface area (Å²) in [5, 5.41) is 1.86. The molecule has 0 unspecified atom stereocenters. The predicted molar refractivity (Wildman–Crippen MR) is 131 cm³/mol. The van der Waals surface area contributed by atoms with Gasteiger partial charge in [-0.25, -0.2) is 8.42 Å². The van der Waals surface area contributed by atoms with E-state index in [2.05, 4.69) is 10.3 Å². The zero-order valence-corrected chi connectivity index (χ0v) is 20.5. The number of carbonyl (C=O) groups is 2. The van der Waals surface area contributed by atoms with Crippen LogP contribution in [0.25, 0.3) is 16.8 Å². The summed E-state index contributed by atoms with van der Waals surface area (Å²) in [4.78, 5) is 28.5. The molecule has 1 aromatic heterocycles. The second-order valence-corrected chi connectivity index (χ2v) is 10.6. The number of thioether (sulfide) groups is 1. The molecule has 4 rings (SSSR count). The number of benzene rings is 2. The van der Waals surface area contributed by atoms with Crippen LogP contribution < -0.4 is 14.8 Å². The van der Waals surface area contributed by atoms with Gasteiger partial charge in [0.25, 0.3) is 11.1 Å². The van der Waals surface area contributed by atoms with E-state index in [0.717, 1.165) is 35.0 Å². The van der Waals surface area contributed by atoms with Crippen molar-refractivity contribution in [3.05, 3.63) is 70.3 Å². The lowest BCUT2D eigenvalue weighted by Gasteiger charge is -2.15. The van der Waals surface area contributed by atoms with E-state index >= 15 is 0 Å². The molecule has 2 aromatic carbocycles. The van der Waals surface area contributed by atoms with Gasteiger partial charge in [0.05, 0.1) is 24.0 Å². The number of H-pyrrole nitrogens is 1. The van der Waals surface area contributed by atoms with Gasteiger partial charge < -0.3 is 14.5 Å². The Labute approximate surface area is 201 Å². The predicted octanol–water partition coefficient (Wildman–Crippen LogP) is 4.15. The van der Waals surface area contributed by atoms with E-state index in [1.807, 2.05) is 13.0 Å². The molecule has 10 heteroatoms. The normalized spacial score (nSPS) is 15.3. The summed E-state index contributed by atoms with van der Waals surface area (Å²) in [6.45, 7) is 1.86. The molecule has 34 heavy (non-hydrogen) atoms. The second-order valence-electron chi connectivity index (χ2n) is 7.63. The van der Waals surface area contributed by atoms with Crippen molar-refractivity contribution in [1.29, 1.82) is 0 Å². The standard InChI is InChI=1S/C24H22N2O6S2/c1-13-17(12-19(25-13)14-5-8-16(9-6-14)34(4,29)30)21(22-23(27)26-24(28)33-22)18-11-15(31-2)7-10-20(18)32-3/h5-12,25H,1-4H3,(H,26,27,28). The zero-order valence-electron chi connectivity index (χ0n) is 18.9. The molecule has 0 aliphatic carbocycles. The molecular weight excluding hydrogens is 476 g/mol. The van der Waals surface area contributed by atoms with Crippen LogP contribution in [0.2, 0.25) is 0 Å². The van der Waals surface area contributed by atoms with Crippen LogP contribution >= 0.6 is 11.8 Å². The van der Waals surface area contributed by atoms with Crippen LogP contribution in [0, 0.1) is 6.92 Å². The molecule has 0 saturated carbocycles. The van der Waals surface area contributed by atoms with Crippen LogP contribution in [0.1, 0.15) is 16.8 Å². The van der Waals surface area contributed by atoms with Gasteiger partial charge in [-0.05, 0) is 60.6 Å². The summed E-state index contributed by atoms with van der Waals surface area (Å²) >= 11 is 0.826. The highest BCUT2D eigenvalue weighted by atomic mass is 32.2. The molecule has 3 aromatic rings. The molecule has 1 aliphatic heterocycles. The topological polar surface area (TPSA) is 115 Å². The Bertz CT molecular complexity index is 1440. The fourth-order valence-electron chi connectivity index (χ4n) is 3.73. The second kappa shape index (κ2) is 9.03. The van der Waals surface area contributed by atoms with Gasteiger partial charge in [0, 0.05) is 34.3 Å². The number of sulfone groups is 1. The Morgan fingerprint density at radius 1 is 0.941 bits per heavy atom. The van der Waals surface area contributed by atoms with E-state index < -0.39 is 21.0 Å². The number of methoxy groups -OCH3 is 2. The monoisotopic (exact) mass is 498 g/mol. The molecule has 8 nitrogen and oxygen atoms in total. The maximum absolute atomic E-state index is 12.7. The first-order chi connectivity index (χ1) is 16.1. The van der Waals surface area contributed by atoms with Gasteiger partial charge in [-0.2, -0.15) is 0 Å². The average molecular weight is 499 g/mol. The summed E-state index contributed by atoms with van der Waals surface area (Å²) in [6.07, 6.45) is 1.16. The minimum absolute atomic E-state index is 0.223. The molecule has 0 atom stereocenters. The Balaban J connectivity index is 1.92. The number of nitrogens with one attached hydrogen (secondary N) is 2. The van der Waals surface area contributed by atoms with Gasteiger partial charge in [-0.1, -0.05) is 12.1 Å². The van der Waals surface area contributed by atoms with Crippen molar-refractivity contribution >= 4 is 38.3 Å². The van der Waals surface area contributed by atoms with Crippen LogP contribution in [0.5, 0.6) is 11.5 Å².